The number of sulfonamides is 1. The number of piperidine rings is 2. The number of benzene rings is 2. The largest absolute Gasteiger partial charge is 0.419 e. The van der Waals surface area contributed by atoms with Crippen LogP contribution < -0.4 is 5.32 Å². The van der Waals surface area contributed by atoms with Crippen LogP contribution in [0.5, 0.6) is 0 Å². The average molecular weight is 653 g/mol. The highest BCUT2D eigenvalue weighted by Gasteiger charge is 2.48. The first kappa shape index (κ1) is 33.0. The van der Waals surface area contributed by atoms with Crippen molar-refractivity contribution in [2.75, 3.05) is 31.9 Å². The number of rotatable bonds is 6. The zero-order valence-corrected chi connectivity index (χ0v) is 26.1. The van der Waals surface area contributed by atoms with E-state index in [1.54, 1.807) is 24.0 Å². The van der Waals surface area contributed by atoms with Gasteiger partial charge in [-0.3, -0.25) is 14.6 Å². The molecule has 0 saturated carbocycles. The maximum absolute atomic E-state index is 13.8. The molecular formula is C31H36F4N4O5S. The van der Waals surface area contributed by atoms with Gasteiger partial charge in [0, 0.05) is 37.3 Å². The molecule has 244 valence electrons. The van der Waals surface area contributed by atoms with Gasteiger partial charge in [-0.2, -0.15) is 13.2 Å². The first-order valence-electron chi connectivity index (χ1n) is 14.8. The number of amidine groups is 1. The molecular weight excluding hydrogens is 616 g/mol. The van der Waals surface area contributed by atoms with Crippen LogP contribution >= 0.6 is 0 Å². The second-order valence-electron chi connectivity index (χ2n) is 12.5. The molecule has 2 amide bonds. The average Bonchev–Trinajstić information content (AvgIpc) is 3.26. The Morgan fingerprint density at radius 1 is 1.02 bits per heavy atom. The third kappa shape index (κ3) is 6.77. The van der Waals surface area contributed by atoms with Gasteiger partial charge in [-0.25, -0.2) is 17.1 Å². The molecule has 0 radical (unpaired) electrons. The number of nitrogens with one attached hydrogen (secondary N) is 1. The summed E-state index contributed by atoms with van der Waals surface area (Å²) in [7, 11) is -3.74. The van der Waals surface area contributed by atoms with Crippen LogP contribution in [0.1, 0.15) is 70.8 Å². The molecule has 0 aliphatic carbocycles. The Morgan fingerprint density at radius 2 is 1.62 bits per heavy atom. The minimum absolute atomic E-state index is 0.00211. The lowest BCUT2D eigenvalue weighted by atomic mass is 9.89. The topological polar surface area (TPSA) is 119 Å². The number of aliphatic imine (C=N–C) groups is 1. The maximum atomic E-state index is 13.8. The molecule has 2 fully saturated rings. The molecule has 2 aromatic carbocycles. The van der Waals surface area contributed by atoms with Crippen LogP contribution in [0.25, 0.3) is 0 Å². The van der Waals surface area contributed by atoms with Crippen molar-refractivity contribution in [2.24, 2.45) is 4.99 Å². The molecule has 0 unspecified atom stereocenters. The van der Waals surface area contributed by atoms with Crippen LogP contribution in [-0.2, 0) is 27.4 Å². The van der Waals surface area contributed by atoms with Crippen molar-refractivity contribution in [3.8, 4) is 0 Å². The number of hydrogen-bond donors (Lipinski definition) is 2. The Labute approximate surface area is 259 Å². The number of carbonyl (C=O) groups excluding carboxylic acids is 2. The third-order valence-corrected chi connectivity index (χ3v) is 11.0. The summed E-state index contributed by atoms with van der Waals surface area (Å²) in [5.74, 6) is -2.40. The van der Waals surface area contributed by atoms with E-state index in [2.05, 4.69) is 10.3 Å². The summed E-state index contributed by atoms with van der Waals surface area (Å²) in [6.07, 6.45) is -3.63. The summed E-state index contributed by atoms with van der Waals surface area (Å²) in [5, 5.41) is 12.7. The number of likely N-dealkylation sites (tertiary alicyclic amines) is 1. The van der Waals surface area contributed by atoms with Crippen LogP contribution in [0, 0.1) is 19.7 Å². The zero-order valence-electron chi connectivity index (χ0n) is 25.3. The molecule has 3 heterocycles. The quantitative estimate of drug-likeness (QED) is 0.461. The third-order valence-electron chi connectivity index (χ3n) is 9.15. The molecule has 9 nitrogen and oxygen atoms in total. The van der Waals surface area contributed by atoms with Gasteiger partial charge in [-0.05, 0) is 99.9 Å². The fourth-order valence-electron chi connectivity index (χ4n) is 6.26. The van der Waals surface area contributed by atoms with Crippen LogP contribution in [0.2, 0.25) is 0 Å². The van der Waals surface area contributed by atoms with Crippen LogP contribution in [0.4, 0.5) is 17.6 Å². The number of aryl methyl sites for hydroxylation is 2. The van der Waals surface area contributed by atoms with Crippen molar-refractivity contribution in [1.29, 1.82) is 0 Å². The van der Waals surface area contributed by atoms with Gasteiger partial charge < -0.3 is 15.3 Å². The Morgan fingerprint density at radius 3 is 2.20 bits per heavy atom. The second kappa shape index (κ2) is 11.8. The number of nitrogens with zero attached hydrogens (tertiary/aromatic N) is 3. The molecule has 0 bridgehead atoms. The van der Waals surface area contributed by atoms with E-state index in [0.717, 1.165) is 22.8 Å². The Hall–Kier alpha value is -3.36. The van der Waals surface area contributed by atoms with Crippen LogP contribution in [-0.4, -0.2) is 83.5 Å². The van der Waals surface area contributed by atoms with Gasteiger partial charge in [0.1, 0.15) is 17.2 Å². The lowest BCUT2D eigenvalue weighted by molar-refractivity contribution is -0.140. The molecule has 45 heavy (non-hydrogen) atoms. The summed E-state index contributed by atoms with van der Waals surface area (Å²) in [6.45, 7) is 6.35. The van der Waals surface area contributed by atoms with Crippen molar-refractivity contribution in [3.05, 3.63) is 69.5 Å². The Balaban J connectivity index is 1.23. The summed E-state index contributed by atoms with van der Waals surface area (Å²) in [5.41, 5.74) is -0.719. The van der Waals surface area contributed by atoms with E-state index >= 15 is 0 Å². The molecule has 5 rings (SSSR count). The minimum atomic E-state index is -4.92. The normalized spacial score (nSPS) is 20.3. The predicted octanol–water partition coefficient (Wildman–Crippen LogP) is 3.73. The second-order valence-corrected chi connectivity index (χ2v) is 14.6. The standard InChI is InChI=1S/C31H36F4N4O5S/c1-19-16-22(27(40)38-11-7-29(3,42)8-12-38)17-20(2)23(19)6-15-45(43,44)39-13-9-30(10-14-39)28(41)36-26(37-30)21-4-5-25(32)24(18-21)31(33,34)35/h4-5,16-18,42H,6-15H2,1-3H3,(H,36,37,41). The summed E-state index contributed by atoms with van der Waals surface area (Å²) >= 11 is 0. The number of halogens is 4. The van der Waals surface area contributed by atoms with E-state index in [0.29, 0.717) is 43.6 Å². The highest BCUT2D eigenvalue weighted by molar-refractivity contribution is 7.89. The first-order chi connectivity index (χ1) is 20.9. The summed E-state index contributed by atoms with van der Waals surface area (Å²) < 4.78 is 81.3. The van der Waals surface area contributed by atoms with Gasteiger partial charge in [0.2, 0.25) is 10.0 Å². The lowest BCUT2D eigenvalue weighted by Crippen LogP contribution is -2.50. The van der Waals surface area contributed by atoms with E-state index in [9.17, 15) is 40.7 Å². The van der Waals surface area contributed by atoms with Crippen molar-refractivity contribution in [2.45, 2.75) is 70.2 Å². The molecule has 3 aliphatic heterocycles. The first-order valence-corrected chi connectivity index (χ1v) is 16.4. The zero-order chi connectivity index (χ0) is 32.9. The number of hydrogen-bond acceptors (Lipinski definition) is 6. The van der Waals surface area contributed by atoms with Crippen molar-refractivity contribution >= 4 is 27.7 Å². The number of amides is 2. The van der Waals surface area contributed by atoms with E-state index in [1.165, 1.54) is 4.31 Å². The molecule has 2 N–H and O–H groups in total. The number of aliphatic hydroxyl groups is 1. The molecule has 2 saturated heterocycles. The molecule has 0 aromatic heterocycles. The predicted molar refractivity (Wildman–Crippen MR) is 159 cm³/mol. The molecule has 0 atom stereocenters. The fraction of sp³-hybridized carbons (Fsp3) is 0.516. The smallest absolute Gasteiger partial charge is 0.390 e. The van der Waals surface area contributed by atoms with Gasteiger partial charge in [0.15, 0.2) is 0 Å². The van der Waals surface area contributed by atoms with E-state index < -0.39 is 44.6 Å². The molecule has 1 spiro atoms. The summed E-state index contributed by atoms with van der Waals surface area (Å²) in [4.78, 5) is 32.1. The van der Waals surface area contributed by atoms with Crippen molar-refractivity contribution < 1.29 is 40.7 Å². The van der Waals surface area contributed by atoms with Gasteiger partial charge >= 0.3 is 6.18 Å². The Bertz CT molecular complexity index is 1630. The van der Waals surface area contributed by atoms with E-state index in [1.807, 2.05) is 13.8 Å². The van der Waals surface area contributed by atoms with Crippen molar-refractivity contribution in [3.63, 3.8) is 0 Å². The maximum Gasteiger partial charge on any atom is 0.419 e. The minimum Gasteiger partial charge on any atom is -0.390 e. The molecule has 14 heteroatoms. The van der Waals surface area contributed by atoms with E-state index in [4.69, 9.17) is 0 Å². The summed E-state index contributed by atoms with van der Waals surface area (Å²) in [6, 6.07) is 5.90. The SMILES string of the molecule is Cc1cc(C(=O)N2CCC(C)(O)CC2)cc(C)c1CCS(=O)(=O)N1CCC2(CC1)N=C(c1ccc(F)c(C(F)(F)F)c1)NC2=O. The fourth-order valence-corrected chi connectivity index (χ4v) is 7.72. The number of alkyl halides is 3. The number of carbonyl (C=O) groups is 2. The van der Waals surface area contributed by atoms with Gasteiger partial charge in [0.25, 0.3) is 11.8 Å². The highest BCUT2D eigenvalue weighted by atomic mass is 32.2. The molecule has 3 aliphatic rings. The highest BCUT2D eigenvalue weighted by Crippen LogP contribution is 2.35. The van der Waals surface area contributed by atoms with Crippen molar-refractivity contribution in [1.82, 2.24) is 14.5 Å². The monoisotopic (exact) mass is 652 g/mol. The van der Waals surface area contributed by atoms with Gasteiger partial charge in [-0.1, -0.05) is 0 Å². The van der Waals surface area contributed by atoms with Gasteiger partial charge in [-0.15, -0.1) is 0 Å². The van der Waals surface area contributed by atoms with Crippen LogP contribution in [0.3, 0.4) is 0 Å². The van der Waals surface area contributed by atoms with Gasteiger partial charge in [0.05, 0.1) is 16.9 Å². The lowest BCUT2D eigenvalue weighted by Gasteiger charge is -2.36. The van der Waals surface area contributed by atoms with Crippen LogP contribution in [0.15, 0.2) is 35.3 Å². The Kier molecular flexibility index (Phi) is 8.64. The molecule has 2 aromatic rings. The van der Waals surface area contributed by atoms with E-state index in [-0.39, 0.29) is 55.4 Å².